The van der Waals surface area contributed by atoms with E-state index < -0.39 is 0 Å². The van der Waals surface area contributed by atoms with Crippen LogP contribution >= 0.6 is 0 Å². The number of aromatic nitrogens is 1. The van der Waals surface area contributed by atoms with E-state index in [-0.39, 0.29) is 5.82 Å². The Bertz CT molecular complexity index is 1110. The fraction of sp³-hybridized carbons (Fsp3) is 0.200. The fourth-order valence-electron chi connectivity index (χ4n) is 3.57. The average Bonchev–Trinajstić information content (AvgIpc) is 3.10. The Labute approximate surface area is 165 Å². The molecule has 142 valence electrons. The van der Waals surface area contributed by atoms with E-state index in [2.05, 4.69) is 42.7 Å². The minimum Gasteiger partial charge on any atom is -0.488 e. The molecule has 0 aliphatic heterocycles. The van der Waals surface area contributed by atoms with Crippen molar-refractivity contribution in [2.24, 2.45) is 0 Å². The van der Waals surface area contributed by atoms with E-state index in [1.54, 1.807) is 6.92 Å². The minimum absolute atomic E-state index is 0.182. The first kappa shape index (κ1) is 18.3. The lowest BCUT2D eigenvalue weighted by Gasteiger charge is -2.14. The Morgan fingerprint density at radius 3 is 2.43 bits per heavy atom. The summed E-state index contributed by atoms with van der Waals surface area (Å²) >= 11 is 0. The smallest absolute Gasteiger partial charge is 0.129 e. The lowest BCUT2D eigenvalue weighted by Crippen LogP contribution is -2.02. The van der Waals surface area contributed by atoms with Crippen molar-refractivity contribution in [1.82, 2.24) is 4.57 Å². The van der Waals surface area contributed by atoms with Crippen molar-refractivity contribution in [1.29, 1.82) is 0 Å². The third kappa shape index (κ3) is 3.40. The molecule has 2 nitrogen and oxygen atoms in total. The van der Waals surface area contributed by atoms with Crippen molar-refractivity contribution in [2.75, 3.05) is 0 Å². The van der Waals surface area contributed by atoms with Gasteiger partial charge in [-0.25, -0.2) is 4.39 Å². The number of ether oxygens (including phenoxy) is 1. The molecule has 0 amide bonds. The summed E-state index contributed by atoms with van der Waals surface area (Å²) in [6.07, 6.45) is 0. The zero-order valence-electron chi connectivity index (χ0n) is 16.4. The molecule has 0 spiro atoms. The molecule has 0 saturated carbocycles. The topological polar surface area (TPSA) is 14.2 Å². The van der Waals surface area contributed by atoms with Gasteiger partial charge >= 0.3 is 0 Å². The number of hydrogen-bond donors (Lipinski definition) is 0. The molecule has 0 saturated heterocycles. The van der Waals surface area contributed by atoms with Gasteiger partial charge in [-0.15, -0.1) is 0 Å². The molecular formula is C25H24FNO. The van der Waals surface area contributed by atoms with Crippen LogP contribution in [0.4, 0.5) is 4.39 Å². The molecule has 0 aliphatic carbocycles. The highest BCUT2D eigenvalue weighted by molar-refractivity contribution is 5.89. The Morgan fingerprint density at radius 2 is 1.71 bits per heavy atom. The number of benzene rings is 3. The van der Waals surface area contributed by atoms with Crippen molar-refractivity contribution >= 4 is 10.9 Å². The van der Waals surface area contributed by atoms with Crippen LogP contribution in [-0.4, -0.2) is 4.57 Å². The molecular weight excluding hydrogens is 349 g/mol. The zero-order chi connectivity index (χ0) is 19.7. The first-order valence-corrected chi connectivity index (χ1v) is 9.62. The molecule has 0 N–H and O–H groups in total. The van der Waals surface area contributed by atoms with Gasteiger partial charge in [-0.1, -0.05) is 50.2 Å². The van der Waals surface area contributed by atoms with Crippen LogP contribution in [0.1, 0.15) is 36.6 Å². The fourth-order valence-corrected chi connectivity index (χ4v) is 3.57. The summed E-state index contributed by atoms with van der Waals surface area (Å²) in [7, 11) is 0. The van der Waals surface area contributed by atoms with E-state index in [0.29, 0.717) is 18.1 Å². The van der Waals surface area contributed by atoms with Gasteiger partial charge in [-0.2, -0.15) is 0 Å². The van der Waals surface area contributed by atoms with E-state index in [0.717, 1.165) is 27.9 Å². The summed E-state index contributed by atoms with van der Waals surface area (Å²) < 4.78 is 22.2. The van der Waals surface area contributed by atoms with Crippen molar-refractivity contribution in [2.45, 2.75) is 33.3 Å². The van der Waals surface area contributed by atoms with Gasteiger partial charge in [0.25, 0.3) is 0 Å². The van der Waals surface area contributed by atoms with E-state index in [1.807, 2.05) is 42.5 Å². The van der Waals surface area contributed by atoms with Crippen LogP contribution in [0.5, 0.6) is 5.75 Å². The number of rotatable bonds is 5. The van der Waals surface area contributed by atoms with Crippen LogP contribution in [0, 0.1) is 12.7 Å². The number of nitrogens with zero attached hydrogens (tertiary/aromatic N) is 1. The van der Waals surface area contributed by atoms with Gasteiger partial charge < -0.3 is 9.30 Å². The van der Waals surface area contributed by atoms with Crippen LogP contribution in [0.25, 0.3) is 16.6 Å². The minimum atomic E-state index is -0.182. The monoisotopic (exact) mass is 373 g/mol. The highest BCUT2D eigenvalue weighted by Crippen LogP contribution is 2.35. The molecule has 3 heteroatoms. The maximum atomic E-state index is 13.8. The van der Waals surface area contributed by atoms with E-state index in [1.165, 1.54) is 11.8 Å². The average molecular weight is 373 g/mol. The summed E-state index contributed by atoms with van der Waals surface area (Å²) in [5.74, 6) is 0.999. The van der Waals surface area contributed by atoms with Gasteiger partial charge in [0.15, 0.2) is 0 Å². The lowest BCUT2D eigenvalue weighted by molar-refractivity contribution is 0.310. The van der Waals surface area contributed by atoms with Gasteiger partial charge in [0, 0.05) is 16.8 Å². The second kappa shape index (κ2) is 7.51. The normalized spacial score (nSPS) is 11.3. The molecule has 0 fully saturated rings. The van der Waals surface area contributed by atoms with Crippen molar-refractivity contribution in [3.05, 3.63) is 95.4 Å². The molecule has 0 radical (unpaired) electrons. The quantitative estimate of drug-likeness (QED) is 0.376. The molecule has 0 unspecified atom stereocenters. The van der Waals surface area contributed by atoms with Crippen LogP contribution in [0.2, 0.25) is 0 Å². The van der Waals surface area contributed by atoms with E-state index in [4.69, 9.17) is 4.74 Å². The third-order valence-electron chi connectivity index (χ3n) is 5.06. The Balaban J connectivity index is 1.81. The number of hydrogen-bond acceptors (Lipinski definition) is 1. The maximum absolute atomic E-state index is 13.8. The number of halogens is 1. The molecule has 28 heavy (non-hydrogen) atoms. The molecule has 0 atom stereocenters. The molecule has 0 bridgehead atoms. The van der Waals surface area contributed by atoms with Crippen molar-refractivity contribution in [3.63, 3.8) is 0 Å². The second-order valence-corrected chi connectivity index (χ2v) is 7.46. The summed E-state index contributed by atoms with van der Waals surface area (Å²) in [6, 6.07) is 23.7. The first-order chi connectivity index (χ1) is 13.5. The van der Waals surface area contributed by atoms with Gasteiger partial charge in [0.2, 0.25) is 0 Å². The van der Waals surface area contributed by atoms with Crippen LogP contribution in [0.3, 0.4) is 0 Å². The molecule has 1 heterocycles. The number of fused-ring (bicyclic) bond motifs is 1. The van der Waals surface area contributed by atoms with Crippen molar-refractivity contribution in [3.8, 4) is 11.4 Å². The first-order valence-electron chi connectivity index (χ1n) is 9.62. The third-order valence-corrected chi connectivity index (χ3v) is 5.06. The molecule has 0 aliphatic rings. The zero-order valence-corrected chi connectivity index (χ0v) is 16.4. The Morgan fingerprint density at radius 1 is 0.929 bits per heavy atom. The second-order valence-electron chi connectivity index (χ2n) is 7.46. The molecule has 1 aromatic heterocycles. The largest absolute Gasteiger partial charge is 0.488 e. The van der Waals surface area contributed by atoms with Crippen LogP contribution in [0.15, 0.2) is 72.8 Å². The summed E-state index contributed by atoms with van der Waals surface area (Å²) in [4.78, 5) is 0. The van der Waals surface area contributed by atoms with Gasteiger partial charge in [-0.05, 0) is 60.4 Å². The van der Waals surface area contributed by atoms with Crippen LogP contribution < -0.4 is 4.74 Å². The summed E-state index contributed by atoms with van der Waals surface area (Å²) in [5.41, 5.74) is 5.00. The molecule has 3 aromatic carbocycles. The van der Waals surface area contributed by atoms with Gasteiger partial charge in [0.05, 0.1) is 5.52 Å². The Hall–Kier alpha value is -3.07. The summed E-state index contributed by atoms with van der Waals surface area (Å²) in [5, 5.41) is 1.07. The summed E-state index contributed by atoms with van der Waals surface area (Å²) in [6.45, 7) is 6.67. The number of aryl methyl sites for hydroxylation is 1. The maximum Gasteiger partial charge on any atom is 0.129 e. The predicted octanol–water partition coefficient (Wildman–Crippen LogP) is 6.78. The highest BCUT2D eigenvalue weighted by atomic mass is 19.1. The van der Waals surface area contributed by atoms with Crippen molar-refractivity contribution < 1.29 is 9.13 Å². The molecule has 4 rings (SSSR count). The lowest BCUT2D eigenvalue weighted by atomic mass is 10.1. The van der Waals surface area contributed by atoms with E-state index >= 15 is 0 Å². The van der Waals surface area contributed by atoms with Crippen LogP contribution in [-0.2, 0) is 6.61 Å². The van der Waals surface area contributed by atoms with Gasteiger partial charge in [0.1, 0.15) is 18.2 Å². The molecule has 4 aromatic rings. The van der Waals surface area contributed by atoms with Gasteiger partial charge in [-0.3, -0.25) is 0 Å². The van der Waals surface area contributed by atoms with E-state index in [9.17, 15) is 4.39 Å². The highest BCUT2D eigenvalue weighted by Gasteiger charge is 2.16. The predicted molar refractivity (Wildman–Crippen MR) is 113 cm³/mol. The SMILES string of the molecule is Cc1cc(-n2c(C(C)C)cc3c(OCc4ccccc4)cccc32)ccc1F. The Kier molecular flexibility index (Phi) is 4.91. The standard InChI is InChI=1S/C25H24FNO/c1-17(2)24-15-21-23(27(24)20-12-13-22(26)18(3)14-20)10-7-11-25(21)28-16-19-8-5-4-6-9-19/h4-15,17H,16H2,1-3H3.